The van der Waals surface area contributed by atoms with Crippen molar-refractivity contribution in [3.05, 3.63) is 35.1 Å². The first kappa shape index (κ1) is 12.6. The third-order valence-electron chi connectivity index (χ3n) is 3.83. The number of nitrogens with one attached hydrogen (secondary N) is 1. The van der Waals surface area contributed by atoms with Gasteiger partial charge in [-0.1, -0.05) is 6.07 Å². The highest BCUT2D eigenvalue weighted by Gasteiger charge is 2.29. The fourth-order valence-electron chi connectivity index (χ4n) is 2.54. The van der Waals surface area contributed by atoms with Crippen molar-refractivity contribution in [3.63, 3.8) is 0 Å². The van der Waals surface area contributed by atoms with E-state index in [2.05, 4.69) is 19.3 Å². The van der Waals surface area contributed by atoms with Crippen LogP contribution in [0.1, 0.15) is 36.8 Å². The zero-order valence-electron chi connectivity index (χ0n) is 10.8. The van der Waals surface area contributed by atoms with Crippen LogP contribution >= 0.6 is 0 Å². The van der Waals surface area contributed by atoms with E-state index >= 15 is 0 Å². The molecule has 0 aliphatic heterocycles. The molecule has 1 aliphatic rings. The minimum Gasteiger partial charge on any atom is -0.317 e. The van der Waals surface area contributed by atoms with Gasteiger partial charge in [0.05, 0.1) is 0 Å². The van der Waals surface area contributed by atoms with E-state index in [1.165, 1.54) is 24.8 Å². The molecule has 1 N–H and O–H groups in total. The van der Waals surface area contributed by atoms with Crippen molar-refractivity contribution >= 4 is 0 Å². The van der Waals surface area contributed by atoms with Gasteiger partial charge in [-0.2, -0.15) is 0 Å². The number of rotatable bonds is 6. The zero-order chi connectivity index (χ0) is 12.3. The van der Waals surface area contributed by atoms with Crippen molar-refractivity contribution in [1.29, 1.82) is 0 Å². The van der Waals surface area contributed by atoms with Gasteiger partial charge in [0.25, 0.3) is 0 Å². The fraction of sp³-hybridized carbons (Fsp3) is 0.600. The summed E-state index contributed by atoms with van der Waals surface area (Å²) in [5, 5.41) is 3.40. The average molecular weight is 235 g/mol. The minimum atomic E-state index is -0.113. The lowest BCUT2D eigenvalue weighted by Crippen LogP contribution is -2.27. The van der Waals surface area contributed by atoms with Crippen molar-refractivity contribution < 1.29 is 4.39 Å². The monoisotopic (exact) mass is 235 g/mol. The molecule has 0 spiro atoms. The Balaban J connectivity index is 1.82. The summed E-state index contributed by atoms with van der Waals surface area (Å²) < 4.78 is 13.1. The number of benzene rings is 1. The van der Waals surface area contributed by atoms with Crippen LogP contribution in [-0.4, -0.2) is 13.1 Å². The van der Waals surface area contributed by atoms with Gasteiger partial charge in [0, 0.05) is 6.04 Å². The van der Waals surface area contributed by atoms with E-state index < -0.39 is 0 Å². The van der Waals surface area contributed by atoms with Crippen molar-refractivity contribution in [3.8, 4) is 0 Å². The summed E-state index contributed by atoms with van der Waals surface area (Å²) in [4.78, 5) is 0. The lowest BCUT2D eigenvalue weighted by Gasteiger charge is -2.15. The Morgan fingerprint density at radius 3 is 2.82 bits per heavy atom. The molecular weight excluding hydrogens is 213 g/mol. The standard InChI is InChI=1S/C15H22FN/c1-11-6-9-14(16)10-13(11)4-3-5-15(17-2)12-7-8-12/h6,9-10,12,15,17H,3-5,7-8H2,1-2H3. The fourth-order valence-corrected chi connectivity index (χ4v) is 2.54. The molecule has 0 radical (unpaired) electrons. The van der Waals surface area contributed by atoms with E-state index in [0.29, 0.717) is 6.04 Å². The summed E-state index contributed by atoms with van der Waals surface area (Å²) >= 11 is 0. The van der Waals surface area contributed by atoms with Gasteiger partial charge in [0.15, 0.2) is 0 Å². The molecular formula is C15H22FN. The predicted molar refractivity (Wildman–Crippen MR) is 69.6 cm³/mol. The van der Waals surface area contributed by atoms with Crippen LogP contribution in [0.4, 0.5) is 4.39 Å². The van der Waals surface area contributed by atoms with Crippen LogP contribution in [0.15, 0.2) is 18.2 Å². The normalized spacial score (nSPS) is 17.1. The maximum atomic E-state index is 13.1. The van der Waals surface area contributed by atoms with E-state index in [0.717, 1.165) is 24.3 Å². The lowest BCUT2D eigenvalue weighted by molar-refractivity contribution is 0.456. The molecule has 94 valence electrons. The van der Waals surface area contributed by atoms with E-state index in [1.807, 2.05) is 6.07 Å². The van der Waals surface area contributed by atoms with Crippen molar-refractivity contribution in [2.45, 2.75) is 45.1 Å². The van der Waals surface area contributed by atoms with E-state index in [1.54, 1.807) is 12.1 Å². The molecule has 1 aromatic carbocycles. The highest BCUT2D eigenvalue weighted by Crippen LogP contribution is 2.34. The topological polar surface area (TPSA) is 12.0 Å². The molecule has 0 saturated heterocycles. The zero-order valence-corrected chi connectivity index (χ0v) is 10.8. The Bertz CT molecular complexity index is 371. The third kappa shape index (κ3) is 3.53. The quantitative estimate of drug-likeness (QED) is 0.796. The lowest BCUT2D eigenvalue weighted by atomic mass is 9.99. The van der Waals surface area contributed by atoms with Gasteiger partial charge in [-0.15, -0.1) is 0 Å². The van der Waals surface area contributed by atoms with E-state index in [4.69, 9.17) is 0 Å². The van der Waals surface area contributed by atoms with Gasteiger partial charge in [-0.3, -0.25) is 0 Å². The van der Waals surface area contributed by atoms with Gasteiger partial charge in [0.1, 0.15) is 5.82 Å². The van der Waals surface area contributed by atoms with Crippen LogP contribution in [0.2, 0.25) is 0 Å². The Hall–Kier alpha value is -0.890. The number of hydrogen-bond acceptors (Lipinski definition) is 1. The van der Waals surface area contributed by atoms with Gasteiger partial charge in [-0.05, 0) is 75.3 Å². The number of hydrogen-bond donors (Lipinski definition) is 1. The van der Waals surface area contributed by atoms with E-state index in [9.17, 15) is 4.39 Å². The van der Waals surface area contributed by atoms with Crippen LogP contribution in [0.3, 0.4) is 0 Å². The second-order valence-electron chi connectivity index (χ2n) is 5.20. The number of aryl methyl sites for hydroxylation is 2. The van der Waals surface area contributed by atoms with Crippen molar-refractivity contribution in [2.24, 2.45) is 5.92 Å². The minimum absolute atomic E-state index is 0.113. The SMILES string of the molecule is CNC(CCCc1cc(F)ccc1C)C1CC1. The van der Waals surface area contributed by atoms with Gasteiger partial charge in [-0.25, -0.2) is 4.39 Å². The largest absolute Gasteiger partial charge is 0.317 e. The molecule has 2 rings (SSSR count). The molecule has 0 amide bonds. The van der Waals surface area contributed by atoms with Crippen LogP contribution < -0.4 is 5.32 Å². The van der Waals surface area contributed by atoms with Crippen molar-refractivity contribution in [2.75, 3.05) is 7.05 Å². The summed E-state index contributed by atoms with van der Waals surface area (Å²) in [7, 11) is 2.05. The van der Waals surface area contributed by atoms with Crippen LogP contribution in [0.25, 0.3) is 0 Å². The molecule has 2 heteroatoms. The molecule has 1 saturated carbocycles. The van der Waals surface area contributed by atoms with Gasteiger partial charge >= 0.3 is 0 Å². The summed E-state index contributed by atoms with van der Waals surface area (Å²) in [5.41, 5.74) is 2.37. The summed E-state index contributed by atoms with van der Waals surface area (Å²) in [6.07, 6.45) is 6.10. The maximum absolute atomic E-state index is 13.1. The first-order chi connectivity index (χ1) is 8.20. The Morgan fingerprint density at radius 2 is 2.18 bits per heavy atom. The van der Waals surface area contributed by atoms with Gasteiger partial charge in [0.2, 0.25) is 0 Å². The third-order valence-corrected chi connectivity index (χ3v) is 3.83. The van der Waals surface area contributed by atoms with Crippen LogP contribution in [0.5, 0.6) is 0 Å². The summed E-state index contributed by atoms with van der Waals surface area (Å²) in [6, 6.07) is 5.77. The Labute approximate surface area is 103 Å². The molecule has 17 heavy (non-hydrogen) atoms. The highest BCUT2D eigenvalue weighted by molar-refractivity contribution is 5.26. The van der Waals surface area contributed by atoms with Crippen LogP contribution in [0, 0.1) is 18.7 Å². The first-order valence-electron chi connectivity index (χ1n) is 6.63. The molecule has 1 aliphatic carbocycles. The first-order valence-corrected chi connectivity index (χ1v) is 6.63. The van der Waals surface area contributed by atoms with Crippen molar-refractivity contribution in [1.82, 2.24) is 5.32 Å². The molecule has 1 unspecified atom stereocenters. The summed E-state index contributed by atoms with van der Waals surface area (Å²) in [5.74, 6) is 0.784. The predicted octanol–water partition coefficient (Wildman–Crippen LogP) is 3.45. The smallest absolute Gasteiger partial charge is 0.123 e. The number of halogens is 1. The summed E-state index contributed by atoms with van der Waals surface area (Å²) in [6.45, 7) is 2.06. The molecule has 0 aromatic heterocycles. The maximum Gasteiger partial charge on any atom is 0.123 e. The molecule has 0 heterocycles. The molecule has 0 bridgehead atoms. The van der Waals surface area contributed by atoms with Gasteiger partial charge < -0.3 is 5.32 Å². The highest BCUT2D eigenvalue weighted by atomic mass is 19.1. The van der Waals surface area contributed by atoms with Crippen LogP contribution in [-0.2, 0) is 6.42 Å². The molecule has 1 atom stereocenters. The Kier molecular flexibility index (Phi) is 4.16. The Morgan fingerprint density at radius 1 is 1.41 bits per heavy atom. The average Bonchev–Trinajstić information content (AvgIpc) is 3.13. The molecule has 1 aromatic rings. The second-order valence-corrected chi connectivity index (χ2v) is 5.20. The second kappa shape index (κ2) is 5.63. The molecule has 1 fully saturated rings. The molecule has 1 nitrogen and oxygen atoms in total. The van der Waals surface area contributed by atoms with E-state index in [-0.39, 0.29) is 5.82 Å².